The zero-order chi connectivity index (χ0) is 21.0. The molecule has 1 fully saturated rings. The number of benzene rings is 1. The number of nitrogens with zero attached hydrogens (tertiary/aromatic N) is 2. The molecule has 1 aromatic heterocycles. The molecule has 3 rings (SSSR count). The molecule has 2 aromatic rings. The normalized spacial score (nSPS) is 18.3. The number of aromatic nitrogens is 1. The zero-order valence-corrected chi connectivity index (χ0v) is 17.0. The summed E-state index contributed by atoms with van der Waals surface area (Å²) in [5, 5.41) is 11.0. The third-order valence-corrected chi connectivity index (χ3v) is 5.18. The number of pyridine rings is 1. The molecule has 29 heavy (non-hydrogen) atoms. The summed E-state index contributed by atoms with van der Waals surface area (Å²) < 4.78 is 5.27. The fourth-order valence-electron chi connectivity index (χ4n) is 3.67. The SMILES string of the molecule is CCCCCN1C(=O)C(=O)/C(=C(\O)c2ccc(OC)c(C)c2)C1c1ccccn1. The number of ketones is 1. The number of ether oxygens (including phenoxy) is 1. The predicted octanol–water partition coefficient (Wildman–Crippen LogP) is 4.01. The van der Waals surface area contributed by atoms with E-state index in [4.69, 9.17) is 4.74 Å². The Balaban J connectivity index is 2.11. The van der Waals surface area contributed by atoms with E-state index in [1.807, 2.05) is 13.0 Å². The minimum atomic E-state index is -0.699. The van der Waals surface area contributed by atoms with Gasteiger partial charge in [0.05, 0.1) is 18.4 Å². The fraction of sp³-hybridized carbons (Fsp3) is 0.348. The summed E-state index contributed by atoms with van der Waals surface area (Å²) in [4.78, 5) is 31.6. The lowest BCUT2D eigenvalue weighted by Gasteiger charge is -2.24. The lowest BCUT2D eigenvalue weighted by atomic mass is 9.97. The number of rotatable bonds is 7. The van der Waals surface area contributed by atoms with E-state index < -0.39 is 17.7 Å². The summed E-state index contributed by atoms with van der Waals surface area (Å²) in [6.07, 6.45) is 4.37. The molecular formula is C23H26N2O4. The number of carbonyl (C=O) groups is 2. The number of likely N-dealkylation sites (tertiary alicyclic amines) is 1. The highest BCUT2D eigenvalue weighted by Crippen LogP contribution is 2.39. The molecule has 6 nitrogen and oxygen atoms in total. The summed E-state index contributed by atoms with van der Waals surface area (Å²) in [5.74, 6) is -0.780. The van der Waals surface area contributed by atoms with Crippen molar-refractivity contribution in [1.29, 1.82) is 0 Å². The monoisotopic (exact) mass is 394 g/mol. The highest BCUT2D eigenvalue weighted by Gasteiger charge is 2.46. The quantitative estimate of drug-likeness (QED) is 0.332. The van der Waals surface area contributed by atoms with Gasteiger partial charge in [0.15, 0.2) is 0 Å². The van der Waals surface area contributed by atoms with Gasteiger partial charge in [-0.25, -0.2) is 0 Å². The minimum Gasteiger partial charge on any atom is -0.507 e. The average molecular weight is 394 g/mol. The van der Waals surface area contributed by atoms with Gasteiger partial charge < -0.3 is 14.7 Å². The first-order chi connectivity index (χ1) is 14.0. The number of hydrogen-bond donors (Lipinski definition) is 1. The van der Waals surface area contributed by atoms with Crippen LogP contribution in [0.5, 0.6) is 5.75 Å². The van der Waals surface area contributed by atoms with Gasteiger partial charge in [-0.2, -0.15) is 0 Å². The van der Waals surface area contributed by atoms with Crippen LogP contribution in [0.25, 0.3) is 5.76 Å². The number of aryl methyl sites for hydroxylation is 1. The van der Waals surface area contributed by atoms with Gasteiger partial charge in [0.2, 0.25) is 0 Å². The van der Waals surface area contributed by atoms with E-state index in [2.05, 4.69) is 11.9 Å². The number of unbranched alkanes of at least 4 members (excludes halogenated alkanes) is 2. The number of Topliss-reactive ketones (excluding diaryl/α,β-unsaturated/α-hetero) is 1. The Morgan fingerprint density at radius 3 is 2.62 bits per heavy atom. The number of methoxy groups -OCH3 is 1. The molecule has 0 radical (unpaired) electrons. The first-order valence-corrected chi connectivity index (χ1v) is 9.84. The van der Waals surface area contributed by atoms with E-state index in [9.17, 15) is 14.7 Å². The summed E-state index contributed by atoms with van der Waals surface area (Å²) in [5.41, 5.74) is 1.93. The summed E-state index contributed by atoms with van der Waals surface area (Å²) in [6.45, 7) is 4.38. The molecule has 1 saturated heterocycles. The summed E-state index contributed by atoms with van der Waals surface area (Å²) >= 11 is 0. The van der Waals surface area contributed by atoms with Crippen LogP contribution in [0.1, 0.15) is 49.0 Å². The number of aliphatic hydroxyl groups is 1. The maximum absolute atomic E-state index is 12.9. The minimum absolute atomic E-state index is 0.0785. The Hall–Kier alpha value is -3.15. The van der Waals surface area contributed by atoms with Crippen molar-refractivity contribution in [3.05, 3.63) is 65.0 Å². The van der Waals surface area contributed by atoms with Crippen molar-refractivity contribution < 1.29 is 19.4 Å². The van der Waals surface area contributed by atoms with Crippen LogP contribution in [0.3, 0.4) is 0 Å². The molecule has 0 aliphatic carbocycles. The lowest BCUT2D eigenvalue weighted by molar-refractivity contribution is -0.140. The van der Waals surface area contributed by atoms with E-state index in [1.165, 1.54) is 4.90 Å². The topological polar surface area (TPSA) is 79.7 Å². The Labute approximate surface area is 170 Å². The number of hydrogen-bond acceptors (Lipinski definition) is 5. The van der Waals surface area contributed by atoms with Crippen LogP contribution in [0.15, 0.2) is 48.2 Å². The second-order valence-corrected chi connectivity index (χ2v) is 7.14. The van der Waals surface area contributed by atoms with Crippen molar-refractivity contribution in [3.8, 4) is 5.75 Å². The average Bonchev–Trinajstić information content (AvgIpc) is 2.99. The van der Waals surface area contributed by atoms with Gasteiger partial charge in [0, 0.05) is 18.3 Å². The molecule has 1 atom stereocenters. The standard InChI is InChI=1S/C23H26N2O4/c1-4-5-8-13-25-20(17-9-6-7-12-24-17)19(22(27)23(25)28)21(26)16-10-11-18(29-3)15(2)14-16/h6-7,9-12,14,20,26H,4-5,8,13H2,1-3H3/b21-19-. The van der Waals surface area contributed by atoms with Crippen LogP contribution >= 0.6 is 0 Å². The van der Waals surface area contributed by atoms with E-state index in [0.717, 1.165) is 24.8 Å². The lowest BCUT2D eigenvalue weighted by Crippen LogP contribution is -2.31. The Kier molecular flexibility index (Phi) is 6.32. The first-order valence-electron chi connectivity index (χ1n) is 9.84. The van der Waals surface area contributed by atoms with Crippen molar-refractivity contribution in [2.75, 3.05) is 13.7 Å². The molecule has 152 valence electrons. The van der Waals surface area contributed by atoms with Gasteiger partial charge >= 0.3 is 0 Å². The molecule has 1 amide bonds. The number of aliphatic hydroxyl groups excluding tert-OH is 1. The van der Waals surface area contributed by atoms with E-state index >= 15 is 0 Å². The van der Waals surface area contributed by atoms with Crippen LogP contribution in [-0.2, 0) is 9.59 Å². The Morgan fingerprint density at radius 1 is 1.21 bits per heavy atom. The van der Waals surface area contributed by atoms with Crippen LogP contribution < -0.4 is 4.74 Å². The van der Waals surface area contributed by atoms with Crippen molar-refractivity contribution in [2.45, 2.75) is 39.2 Å². The second kappa shape index (κ2) is 8.90. The number of amides is 1. The van der Waals surface area contributed by atoms with Crippen LogP contribution in [0, 0.1) is 6.92 Å². The molecule has 1 aliphatic heterocycles. The molecule has 0 saturated carbocycles. The zero-order valence-electron chi connectivity index (χ0n) is 17.0. The fourth-order valence-corrected chi connectivity index (χ4v) is 3.67. The van der Waals surface area contributed by atoms with Gasteiger partial charge in [-0.05, 0) is 49.2 Å². The highest BCUT2D eigenvalue weighted by molar-refractivity contribution is 6.46. The van der Waals surface area contributed by atoms with Gasteiger partial charge in [0.1, 0.15) is 17.6 Å². The maximum Gasteiger partial charge on any atom is 0.295 e. The maximum atomic E-state index is 12.9. The molecule has 1 N–H and O–H groups in total. The van der Waals surface area contributed by atoms with Gasteiger partial charge in [0.25, 0.3) is 11.7 Å². The molecule has 2 heterocycles. The smallest absolute Gasteiger partial charge is 0.295 e. The summed E-state index contributed by atoms with van der Waals surface area (Å²) in [6, 6.07) is 9.82. The summed E-state index contributed by atoms with van der Waals surface area (Å²) in [7, 11) is 1.57. The van der Waals surface area contributed by atoms with E-state index in [-0.39, 0.29) is 11.3 Å². The Morgan fingerprint density at radius 2 is 2.00 bits per heavy atom. The van der Waals surface area contributed by atoms with Crippen LogP contribution in [0.4, 0.5) is 0 Å². The van der Waals surface area contributed by atoms with Gasteiger partial charge in [-0.3, -0.25) is 14.6 Å². The number of carbonyl (C=O) groups excluding carboxylic acids is 2. The third kappa shape index (κ3) is 4.01. The molecule has 1 unspecified atom stereocenters. The highest BCUT2D eigenvalue weighted by atomic mass is 16.5. The van der Waals surface area contributed by atoms with Gasteiger partial charge in [-0.1, -0.05) is 25.8 Å². The van der Waals surface area contributed by atoms with Crippen LogP contribution in [0.2, 0.25) is 0 Å². The molecule has 6 heteroatoms. The van der Waals surface area contributed by atoms with Crippen molar-refractivity contribution in [3.63, 3.8) is 0 Å². The molecule has 0 bridgehead atoms. The Bertz CT molecular complexity index is 937. The van der Waals surface area contributed by atoms with E-state index in [1.54, 1.807) is 43.6 Å². The molecular weight excluding hydrogens is 368 g/mol. The molecule has 1 aliphatic rings. The van der Waals surface area contributed by atoms with E-state index in [0.29, 0.717) is 23.6 Å². The first kappa shape index (κ1) is 20.6. The predicted molar refractivity (Wildman–Crippen MR) is 111 cm³/mol. The van der Waals surface area contributed by atoms with Crippen molar-refractivity contribution in [1.82, 2.24) is 9.88 Å². The van der Waals surface area contributed by atoms with Gasteiger partial charge in [-0.15, -0.1) is 0 Å². The van der Waals surface area contributed by atoms with Crippen LogP contribution in [-0.4, -0.2) is 40.3 Å². The van der Waals surface area contributed by atoms with Crippen molar-refractivity contribution in [2.24, 2.45) is 0 Å². The largest absolute Gasteiger partial charge is 0.507 e. The third-order valence-electron chi connectivity index (χ3n) is 5.18. The van der Waals surface area contributed by atoms with Crippen molar-refractivity contribution >= 4 is 17.4 Å². The molecule has 1 aromatic carbocycles. The second-order valence-electron chi connectivity index (χ2n) is 7.14. The molecule has 0 spiro atoms.